The van der Waals surface area contributed by atoms with Crippen molar-refractivity contribution >= 4 is 34.1 Å². The molecule has 0 spiro atoms. The van der Waals surface area contributed by atoms with Gasteiger partial charge in [-0.1, -0.05) is 11.6 Å². The van der Waals surface area contributed by atoms with Gasteiger partial charge in [-0.15, -0.1) is 0 Å². The maximum Gasteiger partial charge on any atom is 0.228 e. The van der Waals surface area contributed by atoms with Crippen molar-refractivity contribution in [1.29, 1.82) is 0 Å². The highest BCUT2D eigenvalue weighted by Gasteiger charge is 2.13. The first-order chi connectivity index (χ1) is 11.1. The highest BCUT2D eigenvalue weighted by atomic mass is 35.5. The van der Waals surface area contributed by atoms with Gasteiger partial charge < -0.3 is 15.0 Å². The van der Waals surface area contributed by atoms with Crippen LogP contribution in [0.25, 0.3) is 10.9 Å². The standard InChI is InChI=1S/C18H17ClN2O2/c1-11-15(16-9-12(19)3-8-17(16)20-11)10-18(22)21-13-4-6-14(23-2)7-5-13/h3-9,20H,10H2,1-2H3,(H,21,22). The zero-order chi connectivity index (χ0) is 16.4. The van der Waals surface area contributed by atoms with E-state index < -0.39 is 0 Å². The Bertz CT molecular complexity index is 853. The minimum Gasteiger partial charge on any atom is -0.497 e. The number of halogens is 1. The molecule has 2 N–H and O–H groups in total. The summed E-state index contributed by atoms with van der Waals surface area (Å²) in [5, 5.41) is 4.54. The molecule has 0 aliphatic carbocycles. The van der Waals surface area contributed by atoms with Crippen molar-refractivity contribution in [3.8, 4) is 5.75 Å². The maximum atomic E-state index is 12.3. The Hall–Kier alpha value is -2.46. The summed E-state index contributed by atoms with van der Waals surface area (Å²) in [4.78, 5) is 15.6. The summed E-state index contributed by atoms with van der Waals surface area (Å²) in [5.74, 6) is 0.684. The predicted octanol–water partition coefficient (Wildman–Crippen LogP) is 4.32. The Labute approximate surface area is 139 Å². The minimum atomic E-state index is -0.0702. The molecule has 5 heteroatoms. The van der Waals surface area contributed by atoms with E-state index in [1.807, 2.05) is 49.4 Å². The van der Waals surface area contributed by atoms with Crippen LogP contribution in [0, 0.1) is 6.92 Å². The first-order valence-electron chi connectivity index (χ1n) is 7.27. The van der Waals surface area contributed by atoms with Crippen LogP contribution in [0.15, 0.2) is 42.5 Å². The molecule has 0 aliphatic rings. The first kappa shape index (κ1) is 15.4. The molecule has 0 radical (unpaired) electrons. The number of hydrogen-bond acceptors (Lipinski definition) is 2. The molecule has 0 atom stereocenters. The molecule has 0 saturated carbocycles. The van der Waals surface area contributed by atoms with Crippen LogP contribution in [0.4, 0.5) is 5.69 Å². The number of ether oxygens (including phenoxy) is 1. The maximum absolute atomic E-state index is 12.3. The van der Waals surface area contributed by atoms with Gasteiger partial charge in [-0.2, -0.15) is 0 Å². The van der Waals surface area contributed by atoms with Gasteiger partial charge in [-0.25, -0.2) is 0 Å². The number of aromatic amines is 1. The summed E-state index contributed by atoms with van der Waals surface area (Å²) < 4.78 is 5.11. The molecule has 0 fully saturated rings. The monoisotopic (exact) mass is 328 g/mol. The highest BCUT2D eigenvalue weighted by molar-refractivity contribution is 6.31. The molecular formula is C18H17ClN2O2. The van der Waals surface area contributed by atoms with E-state index in [1.165, 1.54) is 0 Å². The molecule has 23 heavy (non-hydrogen) atoms. The van der Waals surface area contributed by atoms with E-state index in [4.69, 9.17) is 16.3 Å². The van der Waals surface area contributed by atoms with Crippen LogP contribution in [0.3, 0.4) is 0 Å². The van der Waals surface area contributed by atoms with E-state index >= 15 is 0 Å². The molecule has 3 rings (SSSR count). The Balaban J connectivity index is 1.79. The number of rotatable bonds is 4. The Morgan fingerprint density at radius 2 is 1.96 bits per heavy atom. The van der Waals surface area contributed by atoms with Crippen molar-refractivity contribution < 1.29 is 9.53 Å². The topological polar surface area (TPSA) is 54.1 Å². The number of hydrogen-bond donors (Lipinski definition) is 2. The number of aromatic nitrogens is 1. The lowest BCUT2D eigenvalue weighted by molar-refractivity contribution is -0.115. The number of benzene rings is 2. The lowest BCUT2D eigenvalue weighted by atomic mass is 10.1. The number of methoxy groups -OCH3 is 1. The summed E-state index contributed by atoms with van der Waals surface area (Å²) in [6, 6.07) is 12.9. The van der Waals surface area contributed by atoms with Gasteiger partial charge in [-0.05, 0) is 55.0 Å². The van der Waals surface area contributed by atoms with Gasteiger partial charge in [0, 0.05) is 27.3 Å². The van der Waals surface area contributed by atoms with Crippen LogP contribution in [0.5, 0.6) is 5.75 Å². The zero-order valence-corrected chi connectivity index (χ0v) is 13.7. The van der Waals surface area contributed by atoms with Crippen LogP contribution in [-0.4, -0.2) is 18.0 Å². The van der Waals surface area contributed by atoms with Crippen molar-refractivity contribution in [1.82, 2.24) is 4.98 Å². The SMILES string of the molecule is COc1ccc(NC(=O)Cc2c(C)[nH]c3ccc(Cl)cc23)cc1. The fourth-order valence-corrected chi connectivity index (χ4v) is 2.79. The Kier molecular flexibility index (Phi) is 4.26. The van der Waals surface area contributed by atoms with Crippen LogP contribution >= 0.6 is 11.6 Å². The minimum absolute atomic E-state index is 0.0702. The van der Waals surface area contributed by atoms with E-state index in [9.17, 15) is 4.79 Å². The lowest BCUT2D eigenvalue weighted by Crippen LogP contribution is -2.14. The lowest BCUT2D eigenvalue weighted by Gasteiger charge is -2.07. The van der Waals surface area contributed by atoms with E-state index in [-0.39, 0.29) is 12.3 Å². The molecule has 0 saturated heterocycles. The number of H-pyrrole nitrogens is 1. The smallest absolute Gasteiger partial charge is 0.228 e. The average molecular weight is 329 g/mol. The summed E-state index contributed by atoms with van der Waals surface area (Å²) in [7, 11) is 1.61. The third kappa shape index (κ3) is 3.32. The number of carbonyl (C=O) groups is 1. The fraction of sp³-hybridized carbons (Fsp3) is 0.167. The number of aryl methyl sites for hydroxylation is 1. The molecule has 0 bridgehead atoms. The number of anilines is 1. The van der Waals surface area contributed by atoms with E-state index in [0.717, 1.165) is 33.6 Å². The number of amides is 1. The summed E-state index contributed by atoms with van der Waals surface area (Å²) >= 11 is 6.07. The van der Waals surface area contributed by atoms with Gasteiger partial charge in [0.1, 0.15) is 5.75 Å². The van der Waals surface area contributed by atoms with Gasteiger partial charge in [-0.3, -0.25) is 4.79 Å². The van der Waals surface area contributed by atoms with Gasteiger partial charge >= 0.3 is 0 Å². The normalized spacial score (nSPS) is 10.7. The molecule has 0 aliphatic heterocycles. The third-order valence-corrected chi connectivity index (χ3v) is 4.03. The van der Waals surface area contributed by atoms with Crippen molar-refractivity contribution in [2.75, 3.05) is 12.4 Å². The first-order valence-corrected chi connectivity index (χ1v) is 7.65. The van der Waals surface area contributed by atoms with Gasteiger partial charge in [0.2, 0.25) is 5.91 Å². The molecule has 1 heterocycles. The van der Waals surface area contributed by atoms with Crippen LogP contribution in [0.2, 0.25) is 5.02 Å². The van der Waals surface area contributed by atoms with E-state index in [2.05, 4.69) is 10.3 Å². The Morgan fingerprint density at radius 1 is 1.22 bits per heavy atom. The van der Waals surface area contributed by atoms with Crippen molar-refractivity contribution in [3.05, 3.63) is 58.7 Å². The van der Waals surface area contributed by atoms with Crippen LogP contribution in [-0.2, 0) is 11.2 Å². The molecule has 3 aromatic rings. The largest absolute Gasteiger partial charge is 0.497 e. The van der Waals surface area contributed by atoms with Gasteiger partial charge in [0.15, 0.2) is 0 Å². The summed E-state index contributed by atoms with van der Waals surface area (Å²) in [6.07, 6.45) is 0.290. The quantitative estimate of drug-likeness (QED) is 0.749. The highest BCUT2D eigenvalue weighted by Crippen LogP contribution is 2.26. The van der Waals surface area contributed by atoms with E-state index in [1.54, 1.807) is 7.11 Å². The second-order valence-corrected chi connectivity index (χ2v) is 5.81. The second-order valence-electron chi connectivity index (χ2n) is 5.37. The molecule has 2 aromatic carbocycles. The molecule has 4 nitrogen and oxygen atoms in total. The number of fused-ring (bicyclic) bond motifs is 1. The number of nitrogens with one attached hydrogen (secondary N) is 2. The summed E-state index contributed by atoms with van der Waals surface area (Å²) in [5.41, 5.74) is 3.67. The predicted molar refractivity (Wildman–Crippen MR) is 93.4 cm³/mol. The second kappa shape index (κ2) is 6.34. The number of carbonyl (C=O) groups excluding carboxylic acids is 1. The van der Waals surface area contributed by atoms with Crippen molar-refractivity contribution in [2.24, 2.45) is 0 Å². The molecule has 1 amide bonds. The third-order valence-electron chi connectivity index (χ3n) is 3.79. The molecule has 1 aromatic heterocycles. The summed E-state index contributed by atoms with van der Waals surface area (Å²) in [6.45, 7) is 1.96. The fourth-order valence-electron chi connectivity index (χ4n) is 2.62. The van der Waals surface area contributed by atoms with E-state index in [0.29, 0.717) is 5.02 Å². The molecular weight excluding hydrogens is 312 g/mol. The zero-order valence-electron chi connectivity index (χ0n) is 12.9. The Morgan fingerprint density at radius 3 is 2.65 bits per heavy atom. The van der Waals surface area contributed by atoms with Crippen molar-refractivity contribution in [2.45, 2.75) is 13.3 Å². The van der Waals surface area contributed by atoms with Gasteiger partial charge in [0.25, 0.3) is 0 Å². The average Bonchev–Trinajstić information content (AvgIpc) is 2.84. The molecule has 0 unspecified atom stereocenters. The van der Waals surface area contributed by atoms with Crippen molar-refractivity contribution in [3.63, 3.8) is 0 Å². The van der Waals surface area contributed by atoms with Gasteiger partial charge in [0.05, 0.1) is 13.5 Å². The van der Waals surface area contributed by atoms with Crippen LogP contribution < -0.4 is 10.1 Å². The molecule has 118 valence electrons. The van der Waals surface area contributed by atoms with Crippen LogP contribution in [0.1, 0.15) is 11.3 Å².